The van der Waals surface area contributed by atoms with Crippen molar-refractivity contribution in [2.75, 3.05) is 31.2 Å². The van der Waals surface area contributed by atoms with Crippen molar-refractivity contribution in [3.63, 3.8) is 0 Å². The van der Waals surface area contributed by atoms with Crippen molar-refractivity contribution in [2.45, 2.75) is 38.3 Å². The molecule has 0 atom stereocenters. The highest BCUT2D eigenvalue weighted by Crippen LogP contribution is 2.22. The highest BCUT2D eigenvalue weighted by atomic mass is 16.5. The maximum atomic E-state index is 12.4. The topological polar surface area (TPSA) is 89.5 Å². The highest BCUT2D eigenvalue weighted by molar-refractivity contribution is 5.93. The molecule has 2 aliphatic rings. The van der Waals surface area contributed by atoms with Gasteiger partial charge in [0.15, 0.2) is 0 Å². The minimum atomic E-state index is -0.188. The molecule has 1 N–H and O–H groups in total. The van der Waals surface area contributed by atoms with E-state index in [9.17, 15) is 4.79 Å². The van der Waals surface area contributed by atoms with Crippen molar-refractivity contribution in [3.8, 4) is 5.88 Å². The molecule has 8 nitrogen and oxygen atoms in total. The van der Waals surface area contributed by atoms with E-state index in [0.29, 0.717) is 37.2 Å². The van der Waals surface area contributed by atoms with E-state index < -0.39 is 0 Å². The summed E-state index contributed by atoms with van der Waals surface area (Å²) in [6, 6.07) is 5.31. The van der Waals surface area contributed by atoms with Crippen LogP contribution in [0.1, 0.15) is 41.7 Å². The van der Waals surface area contributed by atoms with Gasteiger partial charge in [0.25, 0.3) is 5.91 Å². The third-order valence-electron chi connectivity index (χ3n) is 5.01. The SMILES string of the molecule is O=C(NCc1ccnc(N2CCOCC2)n1)c1ccc(OC2CCCC2)nc1. The fraction of sp³-hybridized carbons (Fsp3) is 0.500. The van der Waals surface area contributed by atoms with Crippen LogP contribution in [0.3, 0.4) is 0 Å². The summed E-state index contributed by atoms with van der Waals surface area (Å²) in [4.78, 5) is 27.6. The lowest BCUT2D eigenvalue weighted by molar-refractivity contribution is 0.0950. The number of ether oxygens (including phenoxy) is 2. The molecule has 2 fully saturated rings. The lowest BCUT2D eigenvalue weighted by Gasteiger charge is -2.26. The van der Waals surface area contributed by atoms with Crippen LogP contribution in [0, 0.1) is 0 Å². The Hall–Kier alpha value is -2.74. The predicted octanol–water partition coefficient (Wildman–Crippen LogP) is 1.96. The summed E-state index contributed by atoms with van der Waals surface area (Å²) in [6.07, 6.45) is 8.10. The van der Waals surface area contributed by atoms with E-state index in [1.165, 1.54) is 12.8 Å². The zero-order valence-corrected chi connectivity index (χ0v) is 15.8. The Kier molecular flexibility index (Phi) is 5.96. The average Bonchev–Trinajstić information content (AvgIpc) is 3.26. The smallest absolute Gasteiger partial charge is 0.253 e. The summed E-state index contributed by atoms with van der Waals surface area (Å²) in [5.41, 5.74) is 1.26. The molecule has 8 heteroatoms. The van der Waals surface area contributed by atoms with Gasteiger partial charge in [-0.05, 0) is 37.8 Å². The Balaban J connectivity index is 1.31. The molecule has 1 amide bonds. The van der Waals surface area contributed by atoms with Crippen LogP contribution in [0.4, 0.5) is 5.95 Å². The van der Waals surface area contributed by atoms with Gasteiger partial charge >= 0.3 is 0 Å². The summed E-state index contributed by atoms with van der Waals surface area (Å²) < 4.78 is 11.2. The monoisotopic (exact) mass is 383 g/mol. The number of anilines is 1. The normalized spacial score (nSPS) is 17.5. The molecule has 2 aromatic heterocycles. The van der Waals surface area contributed by atoms with E-state index in [1.54, 1.807) is 30.6 Å². The second kappa shape index (κ2) is 8.97. The van der Waals surface area contributed by atoms with Crippen LogP contribution in [-0.2, 0) is 11.3 Å². The van der Waals surface area contributed by atoms with Crippen LogP contribution in [0.2, 0.25) is 0 Å². The van der Waals surface area contributed by atoms with Gasteiger partial charge in [-0.1, -0.05) is 0 Å². The third-order valence-corrected chi connectivity index (χ3v) is 5.01. The van der Waals surface area contributed by atoms with Crippen molar-refractivity contribution in [1.29, 1.82) is 0 Å². The summed E-state index contributed by atoms with van der Waals surface area (Å²) >= 11 is 0. The molecule has 148 valence electrons. The van der Waals surface area contributed by atoms with Gasteiger partial charge in [-0.3, -0.25) is 4.79 Å². The van der Waals surface area contributed by atoms with E-state index in [-0.39, 0.29) is 12.0 Å². The number of nitrogens with one attached hydrogen (secondary N) is 1. The van der Waals surface area contributed by atoms with E-state index in [0.717, 1.165) is 31.6 Å². The number of morpholine rings is 1. The van der Waals surface area contributed by atoms with Crippen LogP contribution in [0.15, 0.2) is 30.6 Å². The Morgan fingerprint density at radius 1 is 1.18 bits per heavy atom. The minimum absolute atomic E-state index is 0.188. The van der Waals surface area contributed by atoms with E-state index >= 15 is 0 Å². The predicted molar refractivity (Wildman–Crippen MR) is 103 cm³/mol. The molecule has 0 aromatic carbocycles. The van der Waals surface area contributed by atoms with Crippen LogP contribution < -0.4 is 15.0 Å². The lowest BCUT2D eigenvalue weighted by atomic mass is 10.2. The number of amides is 1. The molecule has 2 aromatic rings. The average molecular weight is 383 g/mol. The van der Waals surface area contributed by atoms with Gasteiger partial charge in [0, 0.05) is 31.5 Å². The zero-order valence-electron chi connectivity index (χ0n) is 15.8. The molecule has 1 saturated heterocycles. The first kappa shape index (κ1) is 18.6. The number of hydrogen-bond donors (Lipinski definition) is 1. The van der Waals surface area contributed by atoms with Crippen molar-refractivity contribution < 1.29 is 14.3 Å². The number of carbonyl (C=O) groups is 1. The van der Waals surface area contributed by atoms with Gasteiger partial charge in [-0.15, -0.1) is 0 Å². The highest BCUT2D eigenvalue weighted by Gasteiger charge is 2.17. The molecule has 1 aliphatic carbocycles. The number of rotatable bonds is 6. The third kappa shape index (κ3) is 4.75. The molecular weight excluding hydrogens is 358 g/mol. The zero-order chi connectivity index (χ0) is 19.2. The fourth-order valence-electron chi connectivity index (χ4n) is 3.43. The number of aromatic nitrogens is 3. The maximum absolute atomic E-state index is 12.4. The Morgan fingerprint density at radius 2 is 2.00 bits per heavy atom. The molecule has 0 radical (unpaired) electrons. The summed E-state index contributed by atoms with van der Waals surface area (Å²) in [5.74, 6) is 1.06. The molecule has 1 saturated carbocycles. The van der Waals surface area contributed by atoms with Crippen LogP contribution in [0.5, 0.6) is 5.88 Å². The van der Waals surface area contributed by atoms with Crippen LogP contribution in [0.25, 0.3) is 0 Å². The van der Waals surface area contributed by atoms with Gasteiger partial charge in [0.2, 0.25) is 11.8 Å². The Morgan fingerprint density at radius 3 is 2.75 bits per heavy atom. The Labute approximate surface area is 164 Å². The molecule has 0 spiro atoms. The van der Waals surface area contributed by atoms with Gasteiger partial charge in [0.05, 0.1) is 31.0 Å². The first-order chi connectivity index (χ1) is 13.8. The molecule has 0 bridgehead atoms. The largest absolute Gasteiger partial charge is 0.474 e. The minimum Gasteiger partial charge on any atom is -0.474 e. The standard InChI is InChI=1S/C20H25N5O3/c26-19(15-5-6-18(22-13-15)28-17-3-1-2-4-17)23-14-16-7-8-21-20(24-16)25-9-11-27-12-10-25/h5-8,13,17H,1-4,9-12,14H2,(H,23,26). The van der Waals surface area contributed by atoms with Crippen LogP contribution >= 0.6 is 0 Å². The van der Waals surface area contributed by atoms with Crippen LogP contribution in [-0.4, -0.2) is 53.3 Å². The van der Waals surface area contributed by atoms with Gasteiger partial charge in [-0.2, -0.15) is 0 Å². The quantitative estimate of drug-likeness (QED) is 0.815. The fourth-order valence-corrected chi connectivity index (χ4v) is 3.43. The lowest BCUT2D eigenvalue weighted by Crippen LogP contribution is -2.37. The summed E-state index contributed by atoms with van der Waals surface area (Å²) in [6.45, 7) is 3.24. The maximum Gasteiger partial charge on any atom is 0.253 e. The number of carbonyl (C=O) groups excluding carboxylic acids is 1. The molecule has 0 unspecified atom stereocenters. The molecular formula is C20H25N5O3. The Bertz CT molecular complexity index is 787. The molecule has 3 heterocycles. The first-order valence-corrected chi connectivity index (χ1v) is 9.83. The van der Waals surface area contributed by atoms with Gasteiger partial charge in [0.1, 0.15) is 6.10 Å². The molecule has 4 rings (SSSR count). The van der Waals surface area contributed by atoms with E-state index in [1.807, 2.05) is 0 Å². The summed E-state index contributed by atoms with van der Waals surface area (Å²) in [5, 5.41) is 2.88. The van der Waals surface area contributed by atoms with E-state index in [2.05, 4.69) is 25.2 Å². The number of pyridine rings is 1. The summed E-state index contributed by atoms with van der Waals surface area (Å²) in [7, 11) is 0. The second-order valence-electron chi connectivity index (χ2n) is 7.04. The van der Waals surface area contributed by atoms with Crippen molar-refractivity contribution in [2.24, 2.45) is 0 Å². The van der Waals surface area contributed by atoms with Crippen molar-refractivity contribution in [3.05, 3.63) is 41.9 Å². The second-order valence-corrected chi connectivity index (χ2v) is 7.04. The van der Waals surface area contributed by atoms with Crippen molar-refractivity contribution in [1.82, 2.24) is 20.3 Å². The van der Waals surface area contributed by atoms with Gasteiger partial charge < -0.3 is 19.7 Å². The van der Waals surface area contributed by atoms with Crippen molar-refractivity contribution >= 4 is 11.9 Å². The number of hydrogen-bond acceptors (Lipinski definition) is 7. The number of nitrogens with zero attached hydrogens (tertiary/aromatic N) is 4. The first-order valence-electron chi connectivity index (χ1n) is 9.83. The van der Waals surface area contributed by atoms with Gasteiger partial charge in [-0.25, -0.2) is 15.0 Å². The molecule has 1 aliphatic heterocycles. The molecule has 28 heavy (non-hydrogen) atoms. The van der Waals surface area contributed by atoms with E-state index in [4.69, 9.17) is 9.47 Å².